The predicted molar refractivity (Wildman–Crippen MR) is 68.3 cm³/mol. The molecule has 6 heteroatoms. The molecule has 0 unspecified atom stereocenters. The van der Waals surface area contributed by atoms with Crippen LogP contribution in [0, 0.1) is 17.0 Å². The summed E-state index contributed by atoms with van der Waals surface area (Å²) in [6, 6.07) is 5.20. The van der Waals surface area contributed by atoms with E-state index in [1.54, 1.807) is 12.1 Å². The molecule has 0 aliphatic rings. The smallest absolute Gasteiger partial charge is 0.134 e. The number of nitrogen functional groups attached to an aromatic ring is 1. The van der Waals surface area contributed by atoms with Crippen molar-refractivity contribution in [2.75, 3.05) is 0 Å². The van der Waals surface area contributed by atoms with Crippen LogP contribution in [0.25, 0.3) is 11.1 Å². The highest BCUT2D eigenvalue weighted by atomic mass is 79.9. The van der Waals surface area contributed by atoms with Gasteiger partial charge in [0.1, 0.15) is 22.1 Å². The first kappa shape index (κ1) is 12.6. The fourth-order valence-corrected chi connectivity index (χ4v) is 1.76. The van der Waals surface area contributed by atoms with Crippen LogP contribution in [0.2, 0.25) is 0 Å². The third-order valence-electron chi connectivity index (χ3n) is 2.37. The molecule has 3 nitrogen and oxygen atoms in total. The largest absolute Gasteiger partial charge is 0.384 e. The van der Waals surface area contributed by atoms with Crippen molar-refractivity contribution in [3.63, 3.8) is 0 Å². The molecule has 0 spiro atoms. The molecule has 0 amide bonds. The van der Waals surface area contributed by atoms with Crippen LogP contribution in [0.15, 0.2) is 35.1 Å². The maximum absolute atomic E-state index is 13.8. The average Bonchev–Trinajstić information content (AvgIpc) is 2.30. The van der Waals surface area contributed by atoms with E-state index in [2.05, 4.69) is 20.9 Å². The number of rotatable bonds is 2. The van der Waals surface area contributed by atoms with E-state index in [0.717, 1.165) is 12.1 Å². The summed E-state index contributed by atoms with van der Waals surface area (Å²) in [6.07, 6.45) is 1.36. The van der Waals surface area contributed by atoms with Crippen molar-refractivity contribution in [1.29, 1.82) is 5.41 Å². The molecule has 1 aromatic carbocycles. The predicted octanol–water partition coefficient (Wildman–Crippen LogP) is 3.07. The van der Waals surface area contributed by atoms with Crippen LogP contribution in [0.5, 0.6) is 0 Å². The van der Waals surface area contributed by atoms with E-state index >= 15 is 0 Å². The molecule has 18 heavy (non-hydrogen) atoms. The number of hydrogen-bond acceptors (Lipinski definition) is 2. The van der Waals surface area contributed by atoms with E-state index in [9.17, 15) is 8.78 Å². The SMILES string of the molecule is N=C(N)c1cc(F)c(-c2ccc(Br)nc2)c(F)c1. The highest BCUT2D eigenvalue weighted by Gasteiger charge is 2.14. The molecule has 0 fully saturated rings. The maximum Gasteiger partial charge on any atom is 0.134 e. The van der Waals surface area contributed by atoms with Gasteiger partial charge in [0, 0.05) is 17.3 Å². The highest BCUT2D eigenvalue weighted by molar-refractivity contribution is 9.10. The monoisotopic (exact) mass is 311 g/mol. The van der Waals surface area contributed by atoms with Crippen LogP contribution in [0.1, 0.15) is 5.56 Å². The van der Waals surface area contributed by atoms with Crippen molar-refractivity contribution >= 4 is 21.8 Å². The lowest BCUT2D eigenvalue weighted by atomic mass is 10.0. The van der Waals surface area contributed by atoms with Crippen molar-refractivity contribution in [3.8, 4) is 11.1 Å². The molecular formula is C12H8BrF2N3. The van der Waals surface area contributed by atoms with E-state index in [4.69, 9.17) is 11.1 Å². The topological polar surface area (TPSA) is 62.8 Å². The van der Waals surface area contributed by atoms with E-state index in [1.165, 1.54) is 6.20 Å². The first-order valence-electron chi connectivity index (χ1n) is 4.94. The summed E-state index contributed by atoms with van der Waals surface area (Å²) >= 11 is 3.14. The molecule has 0 bridgehead atoms. The zero-order valence-corrected chi connectivity index (χ0v) is 10.6. The van der Waals surface area contributed by atoms with Crippen molar-refractivity contribution in [2.45, 2.75) is 0 Å². The number of halogens is 3. The number of hydrogen-bond donors (Lipinski definition) is 2. The summed E-state index contributed by atoms with van der Waals surface area (Å²) in [5.74, 6) is -1.93. The molecular weight excluding hydrogens is 304 g/mol. The lowest BCUT2D eigenvalue weighted by molar-refractivity contribution is 0.589. The third-order valence-corrected chi connectivity index (χ3v) is 2.84. The summed E-state index contributed by atoms with van der Waals surface area (Å²) in [5, 5.41) is 7.16. The van der Waals surface area contributed by atoms with Crippen molar-refractivity contribution < 1.29 is 8.78 Å². The molecule has 92 valence electrons. The van der Waals surface area contributed by atoms with Gasteiger partial charge >= 0.3 is 0 Å². The number of aromatic nitrogens is 1. The summed E-state index contributed by atoms with van der Waals surface area (Å²) < 4.78 is 28.2. The average molecular weight is 312 g/mol. The zero-order chi connectivity index (χ0) is 13.3. The number of nitrogens with zero attached hydrogens (tertiary/aromatic N) is 1. The van der Waals surface area contributed by atoms with E-state index in [-0.39, 0.29) is 17.0 Å². The van der Waals surface area contributed by atoms with Crippen LogP contribution in [-0.2, 0) is 0 Å². The Balaban J connectivity index is 2.58. The molecule has 1 aromatic heterocycles. The molecule has 0 saturated heterocycles. The Morgan fingerprint density at radius 1 is 1.22 bits per heavy atom. The number of pyridine rings is 1. The van der Waals surface area contributed by atoms with E-state index in [0.29, 0.717) is 10.2 Å². The van der Waals surface area contributed by atoms with E-state index < -0.39 is 11.6 Å². The van der Waals surface area contributed by atoms with Gasteiger partial charge in [-0.2, -0.15) is 0 Å². The Morgan fingerprint density at radius 2 is 1.83 bits per heavy atom. The molecule has 0 atom stereocenters. The normalized spacial score (nSPS) is 10.4. The Hall–Kier alpha value is -1.82. The standard InChI is InChI=1S/C12H8BrF2N3/c13-10-2-1-6(5-18-10)11-8(14)3-7(12(16)17)4-9(11)15/h1-5H,(H3,16,17). The molecule has 0 saturated carbocycles. The second kappa shape index (κ2) is 4.81. The van der Waals surface area contributed by atoms with Crippen LogP contribution in [0.4, 0.5) is 8.78 Å². The van der Waals surface area contributed by atoms with Crippen LogP contribution in [0.3, 0.4) is 0 Å². The first-order chi connectivity index (χ1) is 8.49. The molecule has 2 rings (SSSR count). The highest BCUT2D eigenvalue weighted by Crippen LogP contribution is 2.27. The number of amidine groups is 1. The van der Waals surface area contributed by atoms with Crippen molar-refractivity contribution in [1.82, 2.24) is 4.98 Å². The van der Waals surface area contributed by atoms with Gasteiger partial charge in [0.25, 0.3) is 0 Å². The molecule has 0 aliphatic carbocycles. The number of nitrogens with one attached hydrogen (secondary N) is 1. The minimum Gasteiger partial charge on any atom is -0.384 e. The summed E-state index contributed by atoms with van der Waals surface area (Å²) in [5.41, 5.74) is 5.35. The minimum atomic E-state index is -0.774. The van der Waals surface area contributed by atoms with Gasteiger partial charge in [0.2, 0.25) is 0 Å². The Bertz CT molecular complexity index is 588. The Labute approximate surface area is 110 Å². The van der Waals surface area contributed by atoms with Gasteiger partial charge < -0.3 is 5.73 Å². The lowest BCUT2D eigenvalue weighted by Crippen LogP contribution is -2.12. The van der Waals surface area contributed by atoms with E-state index in [1.807, 2.05) is 0 Å². The molecule has 0 radical (unpaired) electrons. The van der Waals surface area contributed by atoms with Gasteiger partial charge in [-0.25, -0.2) is 13.8 Å². The fourth-order valence-electron chi connectivity index (χ4n) is 1.53. The first-order valence-corrected chi connectivity index (χ1v) is 5.73. The van der Waals surface area contributed by atoms with Crippen LogP contribution >= 0.6 is 15.9 Å². The number of benzene rings is 1. The second-order valence-electron chi connectivity index (χ2n) is 3.60. The van der Waals surface area contributed by atoms with Gasteiger partial charge in [-0.05, 0) is 40.2 Å². The third kappa shape index (κ3) is 2.38. The molecule has 0 aliphatic heterocycles. The minimum absolute atomic E-state index is 0.0128. The summed E-state index contributed by atoms with van der Waals surface area (Å²) in [7, 11) is 0. The lowest BCUT2D eigenvalue weighted by Gasteiger charge is -2.07. The second-order valence-corrected chi connectivity index (χ2v) is 4.41. The zero-order valence-electron chi connectivity index (χ0n) is 9.05. The molecule has 3 N–H and O–H groups in total. The Morgan fingerprint density at radius 3 is 2.28 bits per heavy atom. The molecule has 1 heterocycles. The van der Waals surface area contributed by atoms with Crippen molar-refractivity contribution in [3.05, 3.63) is 52.3 Å². The quantitative estimate of drug-likeness (QED) is 0.508. The maximum atomic E-state index is 13.8. The van der Waals surface area contributed by atoms with Crippen LogP contribution in [-0.4, -0.2) is 10.8 Å². The number of nitrogens with two attached hydrogens (primary N) is 1. The van der Waals surface area contributed by atoms with Gasteiger partial charge in [0.15, 0.2) is 0 Å². The van der Waals surface area contributed by atoms with Gasteiger partial charge in [-0.3, -0.25) is 5.41 Å². The Kier molecular flexibility index (Phi) is 3.38. The van der Waals surface area contributed by atoms with Gasteiger partial charge in [-0.1, -0.05) is 0 Å². The fraction of sp³-hybridized carbons (Fsp3) is 0. The van der Waals surface area contributed by atoms with Gasteiger partial charge in [-0.15, -0.1) is 0 Å². The van der Waals surface area contributed by atoms with Crippen molar-refractivity contribution in [2.24, 2.45) is 5.73 Å². The molecule has 2 aromatic rings. The van der Waals surface area contributed by atoms with Gasteiger partial charge in [0.05, 0.1) is 5.56 Å². The van der Waals surface area contributed by atoms with Crippen LogP contribution < -0.4 is 5.73 Å². The summed E-state index contributed by atoms with van der Waals surface area (Å²) in [4.78, 5) is 3.91. The summed E-state index contributed by atoms with van der Waals surface area (Å²) in [6.45, 7) is 0.